The van der Waals surface area contributed by atoms with Gasteiger partial charge in [0.2, 0.25) is 0 Å². The van der Waals surface area contributed by atoms with E-state index in [1.54, 1.807) is 0 Å². The van der Waals surface area contributed by atoms with Crippen LogP contribution in [0.2, 0.25) is 0 Å². The van der Waals surface area contributed by atoms with E-state index in [2.05, 4.69) is 19.9 Å². The lowest BCUT2D eigenvalue weighted by atomic mass is 10.0. The molecule has 0 spiro atoms. The van der Waals surface area contributed by atoms with Gasteiger partial charge in [0.1, 0.15) is 5.75 Å². The third kappa shape index (κ3) is 2.49. The first-order valence-electron chi connectivity index (χ1n) is 6.58. The normalized spacial score (nSPS) is 11.1. The molecule has 0 amide bonds. The highest BCUT2D eigenvalue weighted by molar-refractivity contribution is 5.87. The first-order valence-corrected chi connectivity index (χ1v) is 6.58. The summed E-state index contributed by atoms with van der Waals surface area (Å²) < 4.78 is 5.98. The minimum atomic E-state index is 0.0107. The minimum Gasteiger partial charge on any atom is -0.490 e. The van der Waals surface area contributed by atoms with E-state index in [1.165, 1.54) is 0 Å². The molecule has 0 heterocycles. The molecular formula is C16H20O2. The van der Waals surface area contributed by atoms with E-state index in [1.807, 2.05) is 30.3 Å². The van der Waals surface area contributed by atoms with Crippen LogP contribution >= 0.6 is 0 Å². The topological polar surface area (TPSA) is 29.5 Å². The van der Waals surface area contributed by atoms with Gasteiger partial charge in [-0.25, -0.2) is 0 Å². The molecule has 0 aromatic heterocycles. The van der Waals surface area contributed by atoms with Crippen LogP contribution in [0, 0.1) is 0 Å². The van der Waals surface area contributed by atoms with E-state index in [9.17, 15) is 5.11 Å². The molecule has 2 heteroatoms. The van der Waals surface area contributed by atoms with Crippen molar-refractivity contribution in [2.24, 2.45) is 0 Å². The standard InChI is InChI=1S/C16H20O2/c1-3-13(4-2)18-16-10-9-12-7-5-6-8-14(12)15(16)11-17/h5-10,13,17H,3-4,11H2,1-2H3. The van der Waals surface area contributed by atoms with Crippen LogP contribution in [-0.4, -0.2) is 11.2 Å². The molecule has 96 valence electrons. The Morgan fingerprint density at radius 1 is 1.06 bits per heavy atom. The van der Waals surface area contributed by atoms with Crippen molar-refractivity contribution in [3.05, 3.63) is 42.0 Å². The summed E-state index contributed by atoms with van der Waals surface area (Å²) in [5.41, 5.74) is 0.889. The van der Waals surface area contributed by atoms with Gasteiger partial charge in [-0.2, -0.15) is 0 Å². The van der Waals surface area contributed by atoms with E-state index in [0.717, 1.165) is 34.9 Å². The zero-order chi connectivity index (χ0) is 13.0. The molecule has 2 aromatic carbocycles. The molecule has 2 nitrogen and oxygen atoms in total. The van der Waals surface area contributed by atoms with Crippen molar-refractivity contribution in [3.63, 3.8) is 0 Å². The number of hydrogen-bond acceptors (Lipinski definition) is 2. The minimum absolute atomic E-state index is 0.0107. The summed E-state index contributed by atoms with van der Waals surface area (Å²) in [6, 6.07) is 12.1. The van der Waals surface area contributed by atoms with Crippen LogP contribution in [0.3, 0.4) is 0 Å². The van der Waals surface area contributed by atoms with Gasteiger partial charge in [-0.1, -0.05) is 44.2 Å². The fraction of sp³-hybridized carbons (Fsp3) is 0.375. The van der Waals surface area contributed by atoms with Crippen molar-refractivity contribution in [1.82, 2.24) is 0 Å². The maximum absolute atomic E-state index is 9.59. The third-order valence-electron chi connectivity index (χ3n) is 3.36. The van der Waals surface area contributed by atoms with Crippen molar-refractivity contribution in [2.75, 3.05) is 0 Å². The highest BCUT2D eigenvalue weighted by Gasteiger charge is 2.11. The Kier molecular flexibility index (Phi) is 4.21. The number of benzene rings is 2. The summed E-state index contributed by atoms with van der Waals surface area (Å²) in [6.07, 6.45) is 2.18. The van der Waals surface area contributed by atoms with Gasteiger partial charge in [-0.3, -0.25) is 0 Å². The molecule has 2 aromatic rings. The van der Waals surface area contributed by atoms with Crippen molar-refractivity contribution in [2.45, 2.75) is 39.4 Å². The molecule has 0 aliphatic heterocycles. The van der Waals surface area contributed by atoms with Crippen LogP contribution < -0.4 is 4.74 Å². The predicted molar refractivity (Wildman–Crippen MR) is 74.9 cm³/mol. The van der Waals surface area contributed by atoms with E-state index >= 15 is 0 Å². The van der Waals surface area contributed by atoms with Crippen molar-refractivity contribution < 1.29 is 9.84 Å². The molecular weight excluding hydrogens is 224 g/mol. The summed E-state index contributed by atoms with van der Waals surface area (Å²) in [5, 5.41) is 11.8. The lowest BCUT2D eigenvalue weighted by molar-refractivity contribution is 0.185. The number of fused-ring (bicyclic) bond motifs is 1. The Hall–Kier alpha value is -1.54. The second-order valence-electron chi connectivity index (χ2n) is 4.48. The van der Waals surface area contributed by atoms with Crippen LogP contribution in [-0.2, 0) is 6.61 Å². The second kappa shape index (κ2) is 5.87. The van der Waals surface area contributed by atoms with Gasteiger partial charge >= 0.3 is 0 Å². The van der Waals surface area contributed by atoms with E-state index in [-0.39, 0.29) is 12.7 Å². The summed E-state index contributed by atoms with van der Waals surface area (Å²) >= 11 is 0. The Morgan fingerprint density at radius 3 is 2.44 bits per heavy atom. The SMILES string of the molecule is CCC(CC)Oc1ccc2ccccc2c1CO. The quantitative estimate of drug-likeness (QED) is 0.864. The summed E-state index contributed by atoms with van der Waals surface area (Å²) in [5.74, 6) is 0.810. The summed E-state index contributed by atoms with van der Waals surface area (Å²) in [6.45, 7) is 4.25. The second-order valence-corrected chi connectivity index (χ2v) is 4.48. The Morgan fingerprint density at radius 2 is 1.78 bits per heavy atom. The molecule has 0 aliphatic rings. The first-order chi connectivity index (χ1) is 8.80. The van der Waals surface area contributed by atoms with Crippen molar-refractivity contribution in [1.29, 1.82) is 0 Å². The zero-order valence-corrected chi connectivity index (χ0v) is 11.0. The fourth-order valence-corrected chi connectivity index (χ4v) is 2.22. The summed E-state index contributed by atoms with van der Waals surface area (Å²) in [7, 11) is 0. The smallest absolute Gasteiger partial charge is 0.125 e. The highest BCUT2D eigenvalue weighted by atomic mass is 16.5. The number of ether oxygens (including phenoxy) is 1. The maximum Gasteiger partial charge on any atom is 0.125 e. The Bertz CT molecular complexity index is 515. The predicted octanol–water partition coefficient (Wildman–Crippen LogP) is 3.90. The van der Waals surface area contributed by atoms with E-state index in [4.69, 9.17) is 4.74 Å². The molecule has 0 aliphatic carbocycles. The zero-order valence-electron chi connectivity index (χ0n) is 11.0. The fourth-order valence-electron chi connectivity index (χ4n) is 2.22. The average molecular weight is 244 g/mol. The molecule has 2 rings (SSSR count). The van der Waals surface area contributed by atoms with E-state index < -0.39 is 0 Å². The maximum atomic E-state index is 9.59. The molecule has 0 saturated carbocycles. The Labute approximate surface area is 108 Å². The average Bonchev–Trinajstić information content (AvgIpc) is 2.44. The van der Waals surface area contributed by atoms with Crippen LogP contribution in [0.25, 0.3) is 10.8 Å². The van der Waals surface area contributed by atoms with Crippen LogP contribution in [0.5, 0.6) is 5.75 Å². The van der Waals surface area contributed by atoms with Gasteiger partial charge in [0.25, 0.3) is 0 Å². The van der Waals surface area contributed by atoms with Gasteiger partial charge < -0.3 is 9.84 Å². The van der Waals surface area contributed by atoms with Gasteiger partial charge in [0.05, 0.1) is 12.7 Å². The van der Waals surface area contributed by atoms with Gasteiger partial charge in [0.15, 0.2) is 0 Å². The monoisotopic (exact) mass is 244 g/mol. The van der Waals surface area contributed by atoms with Gasteiger partial charge in [-0.15, -0.1) is 0 Å². The summed E-state index contributed by atoms with van der Waals surface area (Å²) in [4.78, 5) is 0. The molecule has 0 bridgehead atoms. The molecule has 1 N–H and O–H groups in total. The van der Waals surface area contributed by atoms with Crippen molar-refractivity contribution >= 4 is 10.8 Å². The molecule has 0 unspecified atom stereocenters. The number of aliphatic hydroxyl groups is 1. The highest BCUT2D eigenvalue weighted by Crippen LogP contribution is 2.29. The van der Waals surface area contributed by atoms with Crippen LogP contribution in [0.15, 0.2) is 36.4 Å². The van der Waals surface area contributed by atoms with Gasteiger partial charge in [0, 0.05) is 5.56 Å². The Balaban J connectivity index is 2.44. The molecule has 0 atom stereocenters. The third-order valence-corrected chi connectivity index (χ3v) is 3.36. The largest absolute Gasteiger partial charge is 0.490 e. The number of aliphatic hydroxyl groups excluding tert-OH is 1. The van der Waals surface area contributed by atoms with Crippen LogP contribution in [0.1, 0.15) is 32.3 Å². The lowest BCUT2D eigenvalue weighted by Gasteiger charge is -2.19. The molecule has 0 saturated heterocycles. The molecule has 0 fully saturated rings. The van der Waals surface area contributed by atoms with Crippen LogP contribution in [0.4, 0.5) is 0 Å². The number of rotatable bonds is 5. The van der Waals surface area contributed by atoms with Gasteiger partial charge in [-0.05, 0) is 29.7 Å². The lowest BCUT2D eigenvalue weighted by Crippen LogP contribution is -2.14. The van der Waals surface area contributed by atoms with E-state index in [0.29, 0.717) is 0 Å². The first kappa shape index (κ1) is 12.9. The number of hydrogen-bond donors (Lipinski definition) is 1. The molecule has 0 radical (unpaired) electrons. The molecule has 18 heavy (non-hydrogen) atoms. The van der Waals surface area contributed by atoms with Crippen molar-refractivity contribution in [3.8, 4) is 5.75 Å².